The first kappa shape index (κ1) is 20.2. The van der Waals surface area contributed by atoms with E-state index in [1.54, 1.807) is 12.1 Å². The van der Waals surface area contributed by atoms with Gasteiger partial charge >= 0.3 is 0 Å². The summed E-state index contributed by atoms with van der Waals surface area (Å²) in [5, 5.41) is 22.7. The molecule has 0 aliphatic heterocycles. The first-order chi connectivity index (χ1) is 11.7. The lowest BCUT2D eigenvalue weighted by molar-refractivity contribution is 0.175. The molecular formula is C20H29NO3. The maximum Gasteiger partial charge on any atom is 0.125 e. The summed E-state index contributed by atoms with van der Waals surface area (Å²) in [4.78, 5) is 0. The van der Waals surface area contributed by atoms with Crippen LogP contribution < -0.4 is 10.1 Å². The molecule has 0 aliphatic carbocycles. The van der Waals surface area contributed by atoms with Gasteiger partial charge in [-0.05, 0) is 29.8 Å². The van der Waals surface area contributed by atoms with Crippen LogP contribution in [0, 0.1) is 0 Å². The van der Waals surface area contributed by atoms with Crippen LogP contribution in [0.1, 0.15) is 43.6 Å². The molecule has 132 valence electrons. The quantitative estimate of drug-likeness (QED) is 0.693. The zero-order chi connectivity index (χ0) is 17.8. The van der Waals surface area contributed by atoms with Crippen molar-refractivity contribution >= 4 is 0 Å². The second-order valence-corrected chi connectivity index (χ2v) is 5.12. The molecule has 4 nitrogen and oxygen atoms in total. The standard InChI is InChI=1S/C18H23NO3.C2H6/c1-2-19-11-17(21)15-8-9-18(16(10-15)12-20)22-13-14-6-4-3-5-7-14;1-2/h3-10,17,19-21H,2,11-13H2,1H3;1-2H3. The van der Waals surface area contributed by atoms with Gasteiger partial charge in [-0.3, -0.25) is 0 Å². The summed E-state index contributed by atoms with van der Waals surface area (Å²) in [5.74, 6) is 0.644. The molecule has 3 N–H and O–H groups in total. The molecule has 2 rings (SSSR count). The fourth-order valence-corrected chi connectivity index (χ4v) is 2.21. The van der Waals surface area contributed by atoms with E-state index in [9.17, 15) is 10.2 Å². The van der Waals surface area contributed by atoms with Gasteiger partial charge in [-0.1, -0.05) is 57.2 Å². The van der Waals surface area contributed by atoms with Crippen molar-refractivity contribution in [1.29, 1.82) is 0 Å². The van der Waals surface area contributed by atoms with E-state index in [1.807, 2.05) is 57.2 Å². The van der Waals surface area contributed by atoms with E-state index >= 15 is 0 Å². The van der Waals surface area contributed by atoms with Gasteiger partial charge in [0.2, 0.25) is 0 Å². The summed E-state index contributed by atoms with van der Waals surface area (Å²) < 4.78 is 5.77. The molecule has 0 aromatic heterocycles. The molecule has 0 aliphatic rings. The lowest BCUT2D eigenvalue weighted by Crippen LogP contribution is -2.21. The van der Waals surface area contributed by atoms with E-state index in [-0.39, 0.29) is 6.61 Å². The van der Waals surface area contributed by atoms with E-state index < -0.39 is 6.10 Å². The molecule has 24 heavy (non-hydrogen) atoms. The molecule has 0 heterocycles. The number of nitrogens with one attached hydrogen (secondary N) is 1. The Hall–Kier alpha value is -1.88. The third kappa shape index (κ3) is 6.32. The van der Waals surface area contributed by atoms with Gasteiger partial charge < -0.3 is 20.3 Å². The topological polar surface area (TPSA) is 61.7 Å². The van der Waals surface area contributed by atoms with Crippen molar-refractivity contribution < 1.29 is 14.9 Å². The summed E-state index contributed by atoms with van der Waals surface area (Å²) in [5.41, 5.74) is 2.53. The van der Waals surface area contributed by atoms with Crippen molar-refractivity contribution in [3.63, 3.8) is 0 Å². The number of likely N-dealkylation sites (N-methyl/N-ethyl adjacent to an activating group) is 1. The monoisotopic (exact) mass is 331 g/mol. The van der Waals surface area contributed by atoms with Gasteiger partial charge in [0, 0.05) is 12.1 Å². The number of benzene rings is 2. The SMILES string of the molecule is CC.CCNCC(O)c1ccc(OCc2ccccc2)c(CO)c1. The highest BCUT2D eigenvalue weighted by molar-refractivity contribution is 5.38. The minimum Gasteiger partial charge on any atom is -0.489 e. The zero-order valence-electron chi connectivity index (χ0n) is 14.8. The largest absolute Gasteiger partial charge is 0.489 e. The van der Waals surface area contributed by atoms with Gasteiger partial charge in [0.1, 0.15) is 12.4 Å². The van der Waals surface area contributed by atoms with Crippen molar-refractivity contribution in [2.75, 3.05) is 13.1 Å². The molecule has 0 radical (unpaired) electrons. The van der Waals surface area contributed by atoms with Crippen molar-refractivity contribution in [2.24, 2.45) is 0 Å². The predicted molar refractivity (Wildman–Crippen MR) is 98.0 cm³/mol. The maximum atomic E-state index is 10.1. The van der Waals surface area contributed by atoms with Gasteiger partial charge in [0.25, 0.3) is 0 Å². The molecule has 0 saturated heterocycles. The molecule has 2 aromatic rings. The number of hydrogen-bond acceptors (Lipinski definition) is 4. The van der Waals surface area contributed by atoms with Crippen molar-refractivity contribution in [3.8, 4) is 5.75 Å². The molecule has 0 spiro atoms. The number of aliphatic hydroxyl groups is 2. The Labute approximate surface area is 145 Å². The molecule has 2 aromatic carbocycles. The van der Waals surface area contributed by atoms with Crippen LogP contribution in [0.3, 0.4) is 0 Å². The lowest BCUT2D eigenvalue weighted by Gasteiger charge is -2.15. The molecule has 0 fully saturated rings. The predicted octanol–water partition coefficient (Wildman–Crippen LogP) is 3.43. The highest BCUT2D eigenvalue weighted by Gasteiger charge is 2.11. The Kier molecular flexibility index (Phi) is 9.77. The van der Waals surface area contributed by atoms with E-state index in [0.717, 1.165) is 17.7 Å². The van der Waals surface area contributed by atoms with Gasteiger partial charge in [-0.25, -0.2) is 0 Å². The van der Waals surface area contributed by atoms with E-state index in [1.165, 1.54) is 0 Å². The Balaban J connectivity index is 0.00000139. The number of aliphatic hydroxyl groups excluding tert-OH is 2. The first-order valence-corrected chi connectivity index (χ1v) is 8.53. The molecule has 1 unspecified atom stereocenters. The van der Waals surface area contributed by atoms with Crippen LogP contribution in [0.2, 0.25) is 0 Å². The minimum absolute atomic E-state index is 0.119. The second kappa shape index (κ2) is 11.6. The van der Waals surface area contributed by atoms with Crippen LogP contribution in [-0.4, -0.2) is 23.3 Å². The molecular weight excluding hydrogens is 302 g/mol. The minimum atomic E-state index is -0.589. The smallest absolute Gasteiger partial charge is 0.125 e. The summed E-state index contributed by atoms with van der Waals surface area (Å²) in [6.07, 6.45) is -0.589. The molecule has 0 amide bonds. The van der Waals surface area contributed by atoms with Crippen LogP contribution in [-0.2, 0) is 13.2 Å². The normalized spacial score (nSPS) is 11.4. The van der Waals surface area contributed by atoms with E-state index in [2.05, 4.69) is 5.32 Å². The van der Waals surface area contributed by atoms with E-state index in [0.29, 0.717) is 24.5 Å². The van der Waals surface area contributed by atoms with Crippen LogP contribution in [0.4, 0.5) is 0 Å². The third-order valence-corrected chi connectivity index (χ3v) is 3.46. The van der Waals surface area contributed by atoms with E-state index in [4.69, 9.17) is 4.74 Å². The maximum absolute atomic E-state index is 10.1. The van der Waals surface area contributed by atoms with Gasteiger partial charge in [0.15, 0.2) is 0 Å². The van der Waals surface area contributed by atoms with Crippen molar-refractivity contribution in [3.05, 3.63) is 65.2 Å². The number of ether oxygens (including phenoxy) is 1. The fraction of sp³-hybridized carbons (Fsp3) is 0.400. The Morgan fingerprint density at radius 3 is 2.42 bits per heavy atom. The summed E-state index contributed by atoms with van der Waals surface area (Å²) >= 11 is 0. The molecule has 0 bridgehead atoms. The van der Waals surface area contributed by atoms with Gasteiger partial charge in [-0.15, -0.1) is 0 Å². The Bertz CT molecular complexity index is 572. The summed E-state index contributed by atoms with van der Waals surface area (Å²) in [7, 11) is 0. The average Bonchev–Trinajstić information content (AvgIpc) is 2.66. The molecule has 0 saturated carbocycles. The van der Waals surface area contributed by atoms with Crippen LogP contribution in [0.25, 0.3) is 0 Å². The molecule has 4 heteroatoms. The van der Waals surface area contributed by atoms with Crippen LogP contribution in [0.5, 0.6) is 5.75 Å². The zero-order valence-corrected chi connectivity index (χ0v) is 14.8. The van der Waals surface area contributed by atoms with Crippen molar-refractivity contribution in [1.82, 2.24) is 5.32 Å². The average molecular weight is 331 g/mol. The Morgan fingerprint density at radius 2 is 1.79 bits per heavy atom. The van der Waals surface area contributed by atoms with Crippen molar-refractivity contribution in [2.45, 2.75) is 40.1 Å². The summed E-state index contributed by atoms with van der Waals surface area (Å²) in [6, 6.07) is 15.3. The number of rotatable bonds is 8. The van der Waals surface area contributed by atoms with Crippen LogP contribution in [0.15, 0.2) is 48.5 Å². The molecule has 1 atom stereocenters. The van der Waals surface area contributed by atoms with Crippen LogP contribution >= 0.6 is 0 Å². The highest BCUT2D eigenvalue weighted by atomic mass is 16.5. The lowest BCUT2D eigenvalue weighted by atomic mass is 10.1. The van der Waals surface area contributed by atoms with Gasteiger partial charge in [-0.2, -0.15) is 0 Å². The number of hydrogen-bond donors (Lipinski definition) is 3. The Morgan fingerprint density at radius 1 is 1.08 bits per heavy atom. The second-order valence-electron chi connectivity index (χ2n) is 5.12. The first-order valence-electron chi connectivity index (χ1n) is 8.53. The third-order valence-electron chi connectivity index (χ3n) is 3.46. The highest BCUT2D eigenvalue weighted by Crippen LogP contribution is 2.24. The van der Waals surface area contributed by atoms with Gasteiger partial charge in [0.05, 0.1) is 12.7 Å². The fourth-order valence-electron chi connectivity index (χ4n) is 2.21. The summed E-state index contributed by atoms with van der Waals surface area (Å²) in [6.45, 7) is 7.62.